The van der Waals surface area contributed by atoms with E-state index in [1.54, 1.807) is 0 Å². The first-order valence-corrected chi connectivity index (χ1v) is 8.27. The Morgan fingerprint density at radius 2 is 1.76 bits per heavy atom. The minimum atomic E-state index is 0.683. The van der Waals surface area contributed by atoms with E-state index in [1.807, 2.05) is 0 Å². The number of hydrogen-bond acceptors (Lipinski definition) is 4. The number of hydrogen-bond donors (Lipinski definition) is 1. The minimum absolute atomic E-state index is 0.683. The van der Waals surface area contributed by atoms with Gasteiger partial charge in [-0.05, 0) is 31.1 Å². The maximum Gasteiger partial charge on any atom is 0.0547 e. The van der Waals surface area contributed by atoms with Crippen molar-refractivity contribution >= 4 is 0 Å². The van der Waals surface area contributed by atoms with Gasteiger partial charge in [0.05, 0.1) is 11.4 Å². The van der Waals surface area contributed by atoms with Gasteiger partial charge in [0, 0.05) is 39.3 Å². The van der Waals surface area contributed by atoms with Gasteiger partial charge >= 0.3 is 0 Å². The third-order valence-electron chi connectivity index (χ3n) is 4.02. The molecule has 1 aliphatic heterocycles. The van der Waals surface area contributed by atoms with Gasteiger partial charge in [-0.3, -0.25) is 9.88 Å². The zero-order chi connectivity index (χ0) is 15.1. The zero-order valence-corrected chi connectivity index (χ0v) is 13.8. The first-order valence-electron chi connectivity index (χ1n) is 8.27. The van der Waals surface area contributed by atoms with Crippen LogP contribution in [-0.2, 0) is 13.1 Å². The van der Waals surface area contributed by atoms with Crippen molar-refractivity contribution in [3.8, 4) is 0 Å². The van der Waals surface area contributed by atoms with Crippen molar-refractivity contribution in [2.75, 3.05) is 39.3 Å². The smallest absolute Gasteiger partial charge is 0.0547 e. The van der Waals surface area contributed by atoms with Crippen LogP contribution in [0.2, 0.25) is 0 Å². The van der Waals surface area contributed by atoms with Crippen LogP contribution in [0.25, 0.3) is 0 Å². The fraction of sp³-hybridized carbons (Fsp3) is 0.706. The fourth-order valence-corrected chi connectivity index (χ4v) is 2.70. The van der Waals surface area contributed by atoms with Crippen LogP contribution in [0, 0.1) is 5.92 Å². The maximum atomic E-state index is 4.79. The lowest BCUT2D eigenvalue weighted by molar-refractivity contribution is 0.131. The van der Waals surface area contributed by atoms with Crippen molar-refractivity contribution in [2.45, 2.75) is 33.9 Å². The molecule has 1 saturated heterocycles. The second-order valence-electron chi connectivity index (χ2n) is 6.36. The lowest BCUT2D eigenvalue weighted by atomic mass is 10.2. The summed E-state index contributed by atoms with van der Waals surface area (Å²) in [5.41, 5.74) is 2.35. The molecular formula is C17H30N4. The van der Waals surface area contributed by atoms with Crippen molar-refractivity contribution in [1.82, 2.24) is 20.1 Å². The molecule has 1 aromatic rings. The van der Waals surface area contributed by atoms with Gasteiger partial charge in [0.1, 0.15) is 0 Å². The van der Waals surface area contributed by atoms with Crippen molar-refractivity contribution in [1.29, 1.82) is 0 Å². The molecule has 0 radical (unpaired) electrons. The highest BCUT2D eigenvalue weighted by molar-refractivity contribution is 5.11. The third-order valence-corrected chi connectivity index (χ3v) is 4.02. The molecule has 0 aromatic carbocycles. The summed E-state index contributed by atoms with van der Waals surface area (Å²) in [6.45, 7) is 15.5. The Kier molecular flexibility index (Phi) is 6.61. The van der Waals surface area contributed by atoms with E-state index in [0.29, 0.717) is 5.92 Å². The Morgan fingerprint density at radius 3 is 2.43 bits per heavy atom. The summed E-state index contributed by atoms with van der Waals surface area (Å²) < 4.78 is 0. The van der Waals surface area contributed by atoms with E-state index in [2.05, 4.69) is 54.1 Å². The van der Waals surface area contributed by atoms with E-state index in [4.69, 9.17) is 4.98 Å². The summed E-state index contributed by atoms with van der Waals surface area (Å²) in [6.07, 6.45) is 0. The van der Waals surface area contributed by atoms with Crippen LogP contribution in [-0.4, -0.2) is 54.1 Å². The van der Waals surface area contributed by atoms with Gasteiger partial charge in [0.25, 0.3) is 0 Å². The number of piperazine rings is 1. The number of rotatable bonds is 7. The molecule has 2 rings (SSSR count). The maximum absolute atomic E-state index is 4.79. The molecule has 4 heteroatoms. The SMILES string of the molecule is CCN1CCN(Cc2cccc(CNCC(C)C)n2)CC1. The normalized spacial score (nSPS) is 17.5. The Hall–Kier alpha value is -0.970. The zero-order valence-electron chi connectivity index (χ0n) is 13.8. The number of aromatic nitrogens is 1. The lowest BCUT2D eigenvalue weighted by Crippen LogP contribution is -2.45. The number of pyridine rings is 1. The predicted molar refractivity (Wildman–Crippen MR) is 88.2 cm³/mol. The van der Waals surface area contributed by atoms with Gasteiger partial charge < -0.3 is 10.2 Å². The lowest BCUT2D eigenvalue weighted by Gasteiger charge is -2.33. The highest BCUT2D eigenvalue weighted by Gasteiger charge is 2.15. The minimum Gasteiger partial charge on any atom is -0.311 e. The van der Waals surface area contributed by atoms with Crippen LogP contribution in [0.3, 0.4) is 0 Å². The van der Waals surface area contributed by atoms with Gasteiger partial charge in [-0.25, -0.2) is 0 Å². The Labute approximate surface area is 129 Å². The van der Waals surface area contributed by atoms with Crippen LogP contribution < -0.4 is 5.32 Å². The van der Waals surface area contributed by atoms with E-state index in [0.717, 1.165) is 38.4 Å². The van der Waals surface area contributed by atoms with Crippen LogP contribution in [0.5, 0.6) is 0 Å². The molecule has 0 bridgehead atoms. The Balaban J connectivity index is 1.81. The van der Waals surface area contributed by atoms with Gasteiger partial charge in [0.2, 0.25) is 0 Å². The molecule has 1 fully saturated rings. The molecule has 1 aliphatic rings. The first kappa shape index (κ1) is 16.4. The standard InChI is InChI=1S/C17H30N4/c1-4-20-8-10-21(11-9-20)14-17-7-5-6-16(19-17)13-18-12-15(2)3/h5-7,15,18H,4,8-14H2,1-3H3. The summed E-state index contributed by atoms with van der Waals surface area (Å²) in [6, 6.07) is 6.40. The summed E-state index contributed by atoms with van der Waals surface area (Å²) in [5, 5.41) is 3.46. The van der Waals surface area contributed by atoms with Gasteiger partial charge in [-0.2, -0.15) is 0 Å². The predicted octanol–water partition coefficient (Wildman–Crippen LogP) is 1.96. The fourth-order valence-electron chi connectivity index (χ4n) is 2.70. The quantitative estimate of drug-likeness (QED) is 0.832. The molecule has 0 unspecified atom stereocenters. The molecule has 2 heterocycles. The van der Waals surface area contributed by atoms with E-state index >= 15 is 0 Å². The molecule has 0 aliphatic carbocycles. The highest BCUT2D eigenvalue weighted by atomic mass is 15.3. The molecular weight excluding hydrogens is 260 g/mol. The van der Waals surface area contributed by atoms with Gasteiger partial charge in [-0.15, -0.1) is 0 Å². The first-order chi connectivity index (χ1) is 10.2. The van der Waals surface area contributed by atoms with Crippen LogP contribution in [0.15, 0.2) is 18.2 Å². The topological polar surface area (TPSA) is 31.4 Å². The number of nitrogens with one attached hydrogen (secondary N) is 1. The van der Waals surface area contributed by atoms with E-state index < -0.39 is 0 Å². The molecule has 21 heavy (non-hydrogen) atoms. The van der Waals surface area contributed by atoms with Gasteiger partial charge in [-0.1, -0.05) is 26.8 Å². The van der Waals surface area contributed by atoms with Gasteiger partial charge in [0.15, 0.2) is 0 Å². The summed E-state index contributed by atoms with van der Waals surface area (Å²) in [4.78, 5) is 9.81. The highest BCUT2D eigenvalue weighted by Crippen LogP contribution is 2.07. The molecule has 1 aromatic heterocycles. The third kappa shape index (κ3) is 5.73. The molecule has 0 atom stereocenters. The van der Waals surface area contributed by atoms with E-state index in [-0.39, 0.29) is 0 Å². The number of nitrogens with zero attached hydrogens (tertiary/aromatic N) is 3. The molecule has 118 valence electrons. The van der Waals surface area contributed by atoms with Crippen molar-refractivity contribution < 1.29 is 0 Å². The van der Waals surface area contributed by atoms with E-state index in [1.165, 1.54) is 25.3 Å². The average Bonchev–Trinajstić information content (AvgIpc) is 2.48. The largest absolute Gasteiger partial charge is 0.311 e. The van der Waals surface area contributed by atoms with Crippen LogP contribution in [0.4, 0.5) is 0 Å². The summed E-state index contributed by atoms with van der Waals surface area (Å²) >= 11 is 0. The summed E-state index contributed by atoms with van der Waals surface area (Å²) in [7, 11) is 0. The van der Waals surface area contributed by atoms with Crippen LogP contribution >= 0.6 is 0 Å². The summed E-state index contributed by atoms with van der Waals surface area (Å²) in [5.74, 6) is 0.683. The molecule has 1 N–H and O–H groups in total. The number of likely N-dealkylation sites (N-methyl/N-ethyl adjacent to an activating group) is 1. The molecule has 0 amide bonds. The van der Waals surface area contributed by atoms with E-state index in [9.17, 15) is 0 Å². The monoisotopic (exact) mass is 290 g/mol. The van der Waals surface area contributed by atoms with Crippen LogP contribution in [0.1, 0.15) is 32.2 Å². The molecule has 0 saturated carbocycles. The Bertz CT molecular complexity index is 411. The second-order valence-corrected chi connectivity index (χ2v) is 6.36. The Morgan fingerprint density at radius 1 is 1.10 bits per heavy atom. The molecule has 4 nitrogen and oxygen atoms in total. The van der Waals surface area contributed by atoms with Crippen molar-refractivity contribution in [3.05, 3.63) is 29.6 Å². The average molecular weight is 290 g/mol. The van der Waals surface area contributed by atoms with Crippen molar-refractivity contribution in [2.24, 2.45) is 5.92 Å². The second kappa shape index (κ2) is 8.47. The molecule has 0 spiro atoms. The van der Waals surface area contributed by atoms with Crippen molar-refractivity contribution in [3.63, 3.8) is 0 Å².